The van der Waals surface area contributed by atoms with Crippen molar-refractivity contribution in [3.05, 3.63) is 69.3 Å². The van der Waals surface area contributed by atoms with Crippen LogP contribution in [0.3, 0.4) is 0 Å². The molecule has 0 fully saturated rings. The molecule has 26 heavy (non-hydrogen) atoms. The molecule has 2 N–H and O–H groups in total. The Bertz CT molecular complexity index is 982. The molecule has 1 amide bonds. The monoisotopic (exact) mass is 387 g/mol. The summed E-state index contributed by atoms with van der Waals surface area (Å²) in [6, 6.07) is 12.9. The van der Waals surface area contributed by atoms with Crippen molar-refractivity contribution in [2.45, 2.75) is 19.0 Å². The Labute approximate surface area is 162 Å². The highest BCUT2D eigenvalue weighted by Crippen LogP contribution is 2.30. The van der Waals surface area contributed by atoms with Gasteiger partial charge in [-0.1, -0.05) is 35.3 Å². The van der Waals surface area contributed by atoms with E-state index in [4.69, 9.17) is 23.2 Å². The SMILES string of the molecule is CNC(C(=O)N1CCc2c([nH]c3ccc(Cl)cc23)C1)c1cccc(Cl)c1. The van der Waals surface area contributed by atoms with E-state index in [2.05, 4.69) is 10.3 Å². The van der Waals surface area contributed by atoms with E-state index in [0.29, 0.717) is 18.1 Å². The van der Waals surface area contributed by atoms with E-state index in [9.17, 15) is 4.79 Å². The second kappa shape index (κ2) is 6.95. The number of benzene rings is 2. The molecule has 1 aliphatic rings. The highest BCUT2D eigenvalue weighted by atomic mass is 35.5. The van der Waals surface area contributed by atoms with Crippen molar-refractivity contribution in [3.8, 4) is 0 Å². The lowest BCUT2D eigenvalue weighted by Crippen LogP contribution is -2.42. The number of hydrogen-bond acceptors (Lipinski definition) is 2. The third kappa shape index (κ3) is 3.09. The number of aromatic nitrogens is 1. The van der Waals surface area contributed by atoms with Gasteiger partial charge in [0, 0.05) is 33.2 Å². The molecule has 0 radical (unpaired) electrons. The Hall–Kier alpha value is -2.01. The minimum Gasteiger partial charge on any atom is -0.357 e. The molecular formula is C20H19Cl2N3O. The standard InChI is InChI=1S/C20H19Cl2N3O/c1-23-19(12-3-2-4-13(21)9-12)20(26)25-8-7-15-16-10-14(22)5-6-17(16)24-18(15)11-25/h2-6,9-10,19,23-24H,7-8,11H2,1H3. The zero-order valence-electron chi connectivity index (χ0n) is 14.4. The summed E-state index contributed by atoms with van der Waals surface area (Å²) in [5.41, 5.74) is 4.28. The Kier molecular flexibility index (Phi) is 4.65. The van der Waals surface area contributed by atoms with Crippen LogP contribution in [0.1, 0.15) is 22.9 Å². The molecule has 6 heteroatoms. The smallest absolute Gasteiger partial charge is 0.244 e. The second-order valence-corrected chi connectivity index (χ2v) is 7.43. The topological polar surface area (TPSA) is 48.1 Å². The first-order valence-electron chi connectivity index (χ1n) is 8.57. The minimum atomic E-state index is -0.408. The molecule has 1 aromatic heterocycles. The molecule has 0 saturated heterocycles. The molecule has 0 bridgehead atoms. The fourth-order valence-electron chi connectivity index (χ4n) is 3.70. The van der Waals surface area contributed by atoms with Crippen LogP contribution < -0.4 is 5.32 Å². The lowest BCUT2D eigenvalue weighted by atomic mass is 10.0. The lowest BCUT2D eigenvalue weighted by Gasteiger charge is -2.30. The summed E-state index contributed by atoms with van der Waals surface area (Å²) in [5.74, 6) is 0.0529. The Morgan fingerprint density at radius 1 is 1.19 bits per heavy atom. The number of H-pyrrole nitrogens is 1. The van der Waals surface area contributed by atoms with E-state index < -0.39 is 6.04 Å². The van der Waals surface area contributed by atoms with Gasteiger partial charge in [-0.2, -0.15) is 0 Å². The molecule has 134 valence electrons. The van der Waals surface area contributed by atoms with Gasteiger partial charge in [-0.05, 0) is 54.9 Å². The van der Waals surface area contributed by atoms with Gasteiger partial charge in [0.1, 0.15) is 6.04 Å². The quantitative estimate of drug-likeness (QED) is 0.702. The van der Waals surface area contributed by atoms with Crippen LogP contribution in [0.2, 0.25) is 10.0 Å². The molecule has 1 atom stereocenters. The number of nitrogens with one attached hydrogen (secondary N) is 2. The molecule has 4 nitrogen and oxygen atoms in total. The summed E-state index contributed by atoms with van der Waals surface area (Å²) >= 11 is 12.2. The third-order valence-electron chi connectivity index (χ3n) is 4.97. The first-order valence-corrected chi connectivity index (χ1v) is 9.33. The van der Waals surface area contributed by atoms with E-state index in [0.717, 1.165) is 33.6 Å². The van der Waals surface area contributed by atoms with Gasteiger partial charge < -0.3 is 15.2 Å². The van der Waals surface area contributed by atoms with E-state index in [1.165, 1.54) is 5.56 Å². The van der Waals surface area contributed by atoms with Crippen LogP contribution in [0, 0.1) is 0 Å². The highest BCUT2D eigenvalue weighted by molar-refractivity contribution is 6.31. The summed E-state index contributed by atoms with van der Waals surface area (Å²) in [7, 11) is 1.80. The number of aromatic amines is 1. The van der Waals surface area contributed by atoms with Gasteiger partial charge >= 0.3 is 0 Å². The zero-order valence-corrected chi connectivity index (χ0v) is 15.9. The van der Waals surface area contributed by atoms with Crippen LogP contribution in [0.15, 0.2) is 42.5 Å². The van der Waals surface area contributed by atoms with Crippen LogP contribution in [-0.4, -0.2) is 29.4 Å². The largest absolute Gasteiger partial charge is 0.357 e. The highest BCUT2D eigenvalue weighted by Gasteiger charge is 2.29. The summed E-state index contributed by atoms with van der Waals surface area (Å²) in [6.07, 6.45) is 0.813. The van der Waals surface area contributed by atoms with Crippen molar-refractivity contribution in [3.63, 3.8) is 0 Å². The Morgan fingerprint density at radius 3 is 2.77 bits per heavy atom. The maximum Gasteiger partial charge on any atom is 0.244 e. The van der Waals surface area contributed by atoms with Crippen LogP contribution in [0.25, 0.3) is 10.9 Å². The molecule has 3 aromatic rings. The number of amides is 1. The molecule has 2 heterocycles. The first kappa shape index (κ1) is 17.4. The minimum absolute atomic E-state index is 0.0529. The van der Waals surface area contributed by atoms with Gasteiger partial charge in [-0.15, -0.1) is 0 Å². The Balaban J connectivity index is 1.61. The molecule has 1 aliphatic heterocycles. The van der Waals surface area contributed by atoms with Crippen LogP contribution in [0.4, 0.5) is 0 Å². The predicted molar refractivity (Wildman–Crippen MR) is 106 cm³/mol. The molecular weight excluding hydrogens is 369 g/mol. The van der Waals surface area contributed by atoms with Gasteiger partial charge in [-0.25, -0.2) is 0 Å². The third-order valence-corrected chi connectivity index (χ3v) is 5.44. The average Bonchev–Trinajstić information content (AvgIpc) is 2.99. The van der Waals surface area contributed by atoms with E-state index in [1.54, 1.807) is 7.05 Å². The van der Waals surface area contributed by atoms with E-state index >= 15 is 0 Å². The summed E-state index contributed by atoms with van der Waals surface area (Å²) in [6.45, 7) is 1.25. The fraction of sp³-hybridized carbons (Fsp3) is 0.250. The molecule has 1 unspecified atom stereocenters. The van der Waals surface area contributed by atoms with E-state index in [1.807, 2.05) is 47.4 Å². The number of likely N-dealkylation sites (N-methyl/N-ethyl adjacent to an activating group) is 1. The molecule has 0 aliphatic carbocycles. The van der Waals surface area contributed by atoms with Gasteiger partial charge in [0.05, 0.1) is 6.54 Å². The molecule has 0 saturated carbocycles. The second-order valence-electron chi connectivity index (χ2n) is 6.56. The lowest BCUT2D eigenvalue weighted by molar-refractivity contribution is -0.134. The fourth-order valence-corrected chi connectivity index (χ4v) is 4.07. The van der Waals surface area contributed by atoms with Crippen molar-refractivity contribution in [1.29, 1.82) is 0 Å². The summed E-state index contributed by atoms with van der Waals surface area (Å²) in [5, 5.41) is 5.63. The average molecular weight is 388 g/mol. The number of carbonyl (C=O) groups is 1. The van der Waals surface area contributed by atoms with Crippen molar-refractivity contribution >= 4 is 40.0 Å². The van der Waals surface area contributed by atoms with Gasteiger partial charge in [-0.3, -0.25) is 4.79 Å². The van der Waals surface area contributed by atoms with Crippen LogP contribution in [-0.2, 0) is 17.8 Å². The molecule has 0 spiro atoms. The van der Waals surface area contributed by atoms with E-state index in [-0.39, 0.29) is 5.91 Å². The van der Waals surface area contributed by atoms with Crippen molar-refractivity contribution < 1.29 is 4.79 Å². The number of halogens is 2. The number of carbonyl (C=O) groups excluding carboxylic acids is 1. The number of hydrogen-bond donors (Lipinski definition) is 2. The zero-order chi connectivity index (χ0) is 18.3. The summed E-state index contributed by atoms with van der Waals surface area (Å²) < 4.78 is 0. The number of fused-ring (bicyclic) bond motifs is 3. The van der Waals surface area contributed by atoms with Gasteiger partial charge in [0.2, 0.25) is 5.91 Å². The van der Waals surface area contributed by atoms with Gasteiger partial charge in [0.15, 0.2) is 0 Å². The maximum absolute atomic E-state index is 13.1. The number of nitrogens with zero attached hydrogens (tertiary/aromatic N) is 1. The Morgan fingerprint density at radius 2 is 2.00 bits per heavy atom. The summed E-state index contributed by atoms with van der Waals surface area (Å²) in [4.78, 5) is 18.4. The van der Waals surface area contributed by atoms with Crippen molar-refractivity contribution in [2.75, 3.05) is 13.6 Å². The van der Waals surface area contributed by atoms with Crippen molar-refractivity contribution in [2.24, 2.45) is 0 Å². The molecule has 2 aromatic carbocycles. The van der Waals surface area contributed by atoms with Gasteiger partial charge in [0.25, 0.3) is 0 Å². The maximum atomic E-state index is 13.1. The van der Waals surface area contributed by atoms with Crippen LogP contribution in [0.5, 0.6) is 0 Å². The normalized spacial score (nSPS) is 15.1. The van der Waals surface area contributed by atoms with Crippen molar-refractivity contribution in [1.82, 2.24) is 15.2 Å². The number of rotatable bonds is 3. The molecule has 4 rings (SSSR count). The van der Waals surface area contributed by atoms with Crippen LogP contribution >= 0.6 is 23.2 Å². The first-order chi connectivity index (χ1) is 12.6. The predicted octanol–water partition coefficient (Wildman–Crippen LogP) is 4.32.